The van der Waals surface area contributed by atoms with Gasteiger partial charge in [-0.3, -0.25) is 9.59 Å². The van der Waals surface area contributed by atoms with Gasteiger partial charge in [0.2, 0.25) is 11.8 Å². The Morgan fingerprint density at radius 3 is 2.60 bits per heavy atom. The second kappa shape index (κ2) is 7.69. The zero-order valence-corrected chi connectivity index (χ0v) is 12.4. The fraction of sp³-hybridized carbons (Fsp3) is 0.571. The summed E-state index contributed by atoms with van der Waals surface area (Å²) in [5, 5.41) is 5.46. The van der Waals surface area contributed by atoms with Crippen molar-refractivity contribution in [3.63, 3.8) is 0 Å². The number of carbonyl (C=O) groups is 2. The number of rotatable bonds is 7. The lowest BCUT2D eigenvalue weighted by molar-refractivity contribution is -0.132. The van der Waals surface area contributed by atoms with Gasteiger partial charge in [0.25, 0.3) is 0 Å². The van der Waals surface area contributed by atoms with Crippen LogP contribution in [0.1, 0.15) is 25.2 Å². The summed E-state index contributed by atoms with van der Waals surface area (Å²) in [6.07, 6.45) is 1.58. The molecule has 1 aromatic rings. The molecule has 0 fully saturated rings. The maximum atomic E-state index is 12.1. The number of amides is 2. The van der Waals surface area contributed by atoms with Gasteiger partial charge in [-0.1, -0.05) is 13.8 Å². The van der Waals surface area contributed by atoms with Crippen molar-refractivity contribution in [2.45, 2.75) is 33.4 Å². The summed E-state index contributed by atoms with van der Waals surface area (Å²) in [6, 6.07) is 1.23. The van der Waals surface area contributed by atoms with E-state index < -0.39 is 6.04 Å². The van der Waals surface area contributed by atoms with Crippen LogP contribution in [0.4, 0.5) is 0 Å². The van der Waals surface area contributed by atoms with E-state index in [2.05, 4.69) is 10.6 Å². The van der Waals surface area contributed by atoms with E-state index in [1.807, 2.05) is 26.8 Å². The molecule has 0 aliphatic carbocycles. The first kappa shape index (κ1) is 16.2. The van der Waals surface area contributed by atoms with E-state index in [1.165, 1.54) is 7.11 Å². The number of carbonyl (C=O) groups excluding carboxylic acids is 2. The van der Waals surface area contributed by atoms with Crippen molar-refractivity contribution in [3.05, 3.63) is 23.7 Å². The molecule has 0 spiro atoms. The van der Waals surface area contributed by atoms with Gasteiger partial charge in [0, 0.05) is 19.2 Å². The summed E-state index contributed by atoms with van der Waals surface area (Å²) in [5.41, 5.74) is 0.920. The molecule has 1 rings (SSSR count). The zero-order valence-electron chi connectivity index (χ0n) is 12.4. The highest BCUT2D eigenvalue weighted by atomic mass is 16.5. The second-order valence-corrected chi connectivity index (χ2v) is 4.94. The van der Waals surface area contributed by atoms with Gasteiger partial charge in [0.05, 0.1) is 6.26 Å². The van der Waals surface area contributed by atoms with Crippen LogP contribution in [0.3, 0.4) is 0 Å². The van der Waals surface area contributed by atoms with Crippen LogP contribution in [-0.2, 0) is 20.9 Å². The molecule has 0 unspecified atom stereocenters. The summed E-state index contributed by atoms with van der Waals surface area (Å²) in [6.45, 7) is 5.91. The SMILES string of the molecule is COCC(=O)N[C@H](C(=O)NCc1ccoc1C)C(C)C. The lowest BCUT2D eigenvalue weighted by Crippen LogP contribution is -2.50. The van der Waals surface area contributed by atoms with Crippen molar-refractivity contribution in [1.29, 1.82) is 0 Å². The van der Waals surface area contributed by atoms with Crippen LogP contribution in [0.2, 0.25) is 0 Å². The van der Waals surface area contributed by atoms with E-state index in [0.29, 0.717) is 6.54 Å². The molecule has 112 valence electrons. The normalized spacial score (nSPS) is 12.2. The van der Waals surface area contributed by atoms with Crippen LogP contribution in [0.5, 0.6) is 0 Å². The van der Waals surface area contributed by atoms with Crippen LogP contribution in [0.15, 0.2) is 16.7 Å². The molecule has 1 aromatic heterocycles. The summed E-state index contributed by atoms with van der Waals surface area (Å²) >= 11 is 0. The third-order valence-electron chi connectivity index (χ3n) is 2.96. The minimum atomic E-state index is -0.579. The fourth-order valence-electron chi connectivity index (χ4n) is 1.77. The molecule has 6 heteroatoms. The van der Waals surface area contributed by atoms with E-state index in [1.54, 1.807) is 6.26 Å². The number of methoxy groups -OCH3 is 1. The van der Waals surface area contributed by atoms with Gasteiger partial charge >= 0.3 is 0 Å². The van der Waals surface area contributed by atoms with Crippen molar-refractivity contribution in [2.75, 3.05) is 13.7 Å². The number of furan rings is 1. The molecule has 0 aromatic carbocycles. The predicted molar refractivity (Wildman–Crippen MR) is 73.9 cm³/mol. The third kappa shape index (κ3) is 4.70. The standard InChI is InChI=1S/C14H22N2O4/c1-9(2)13(16-12(17)8-19-4)14(18)15-7-11-5-6-20-10(11)3/h5-6,9,13H,7-8H2,1-4H3,(H,15,18)(H,16,17)/t13-/m0/s1. The number of aryl methyl sites for hydroxylation is 1. The summed E-state index contributed by atoms with van der Waals surface area (Å²) < 4.78 is 9.91. The first-order valence-electron chi connectivity index (χ1n) is 6.54. The molecular formula is C14H22N2O4. The molecule has 0 bridgehead atoms. The lowest BCUT2D eigenvalue weighted by atomic mass is 10.0. The average Bonchev–Trinajstić information content (AvgIpc) is 2.78. The number of ether oxygens (including phenoxy) is 1. The molecule has 0 saturated heterocycles. The smallest absolute Gasteiger partial charge is 0.246 e. The van der Waals surface area contributed by atoms with Crippen LogP contribution < -0.4 is 10.6 Å². The van der Waals surface area contributed by atoms with Gasteiger partial charge in [0.1, 0.15) is 18.4 Å². The van der Waals surface area contributed by atoms with Crippen molar-refractivity contribution < 1.29 is 18.7 Å². The van der Waals surface area contributed by atoms with E-state index in [4.69, 9.17) is 9.15 Å². The Hall–Kier alpha value is -1.82. The van der Waals surface area contributed by atoms with Gasteiger partial charge in [-0.05, 0) is 18.9 Å². The first-order valence-corrected chi connectivity index (χ1v) is 6.54. The van der Waals surface area contributed by atoms with Crippen LogP contribution in [0, 0.1) is 12.8 Å². The van der Waals surface area contributed by atoms with Crippen molar-refractivity contribution in [1.82, 2.24) is 10.6 Å². The Kier molecular flexibility index (Phi) is 6.24. The van der Waals surface area contributed by atoms with E-state index >= 15 is 0 Å². The Bertz CT molecular complexity index is 454. The topological polar surface area (TPSA) is 80.6 Å². The van der Waals surface area contributed by atoms with E-state index in [0.717, 1.165) is 11.3 Å². The number of hydrogen-bond acceptors (Lipinski definition) is 4. The van der Waals surface area contributed by atoms with Crippen molar-refractivity contribution in [3.8, 4) is 0 Å². The minimum Gasteiger partial charge on any atom is -0.469 e. The summed E-state index contributed by atoms with van der Waals surface area (Å²) in [7, 11) is 1.44. The van der Waals surface area contributed by atoms with Gasteiger partial charge in [-0.15, -0.1) is 0 Å². The van der Waals surface area contributed by atoms with E-state index in [-0.39, 0.29) is 24.3 Å². The van der Waals surface area contributed by atoms with Crippen LogP contribution in [-0.4, -0.2) is 31.6 Å². The molecule has 2 amide bonds. The maximum Gasteiger partial charge on any atom is 0.246 e. The second-order valence-electron chi connectivity index (χ2n) is 4.94. The van der Waals surface area contributed by atoms with Gasteiger partial charge in [0.15, 0.2) is 0 Å². The molecule has 0 radical (unpaired) electrons. The molecular weight excluding hydrogens is 260 g/mol. The zero-order chi connectivity index (χ0) is 15.1. The highest BCUT2D eigenvalue weighted by molar-refractivity contribution is 5.88. The number of hydrogen-bond donors (Lipinski definition) is 2. The Morgan fingerprint density at radius 2 is 2.10 bits per heavy atom. The molecule has 6 nitrogen and oxygen atoms in total. The Balaban J connectivity index is 2.56. The minimum absolute atomic E-state index is 0.0127. The molecule has 0 aliphatic rings. The molecule has 20 heavy (non-hydrogen) atoms. The lowest BCUT2D eigenvalue weighted by Gasteiger charge is -2.21. The first-order chi connectivity index (χ1) is 9.45. The van der Waals surface area contributed by atoms with Crippen molar-refractivity contribution >= 4 is 11.8 Å². The quantitative estimate of drug-likeness (QED) is 0.781. The van der Waals surface area contributed by atoms with Crippen molar-refractivity contribution in [2.24, 2.45) is 5.92 Å². The largest absolute Gasteiger partial charge is 0.469 e. The van der Waals surface area contributed by atoms with Gasteiger partial charge < -0.3 is 19.8 Å². The third-order valence-corrected chi connectivity index (χ3v) is 2.96. The molecule has 0 aliphatic heterocycles. The highest BCUT2D eigenvalue weighted by Crippen LogP contribution is 2.08. The predicted octanol–water partition coefficient (Wildman–Crippen LogP) is 0.991. The molecule has 1 atom stereocenters. The highest BCUT2D eigenvalue weighted by Gasteiger charge is 2.23. The summed E-state index contributed by atoms with van der Waals surface area (Å²) in [5.74, 6) is 0.238. The Labute approximate surface area is 118 Å². The van der Waals surface area contributed by atoms with Gasteiger partial charge in [-0.2, -0.15) is 0 Å². The van der Waals surface area contributed by atoms with E-state index in [9.17, 15) is 9.59 Å². The van der Waals surface area contributed by atoms with Crippen LogP contribution in [0.25, 0.3) is 0 Å². The molecule has 0 saturated carbocycles. The molecule has 1 heterocycles. The summed E-state index contributed by atoms with van der Waals surface area (Å²) in [4.78, 5) is 23.7. The maximum absolute atomic E-state index is 12.1. The number of nitrogens with one attached hydrogen (secondary N) is 2. The monoisotopic (exact) mass is 282 g/mol. The average molecular weight is 282 g/mol. The molecule has 2 N–H and O–H groups in total. The fourth-order valence-corrected chi connectivity index (χ4v) is 1.77. The van der Waals surface area contributed by atoms with Crippen LogP contribution >= 0.6 is 0 Å². The van der Waals surface area contributed by atoms with Gasteiger partial charge in [-0.25, -0.2) is 0 Å². The Morgan fingerprint density at radius 1 is 1.40 bits per heavy atom.